The van der Waals surface area contributed by atoms with Gasteiger partial charge in [-0.15, -0.1) is 0 Å². The smallest absolute Gasteiger partial charge is 0.411 e. The lowest BCUT2D eigenvalue weighted by atomic mass is 10.1. The fourth-order valence-corrected chi connectivity index (χ4v) is 1.67. The summed E-state index contributed by atoms with van der Waals surface area (Å²) in [4.78, 5) is 0. The number of halogens is 4. The zero-order valence-corrected chi connectivity index (χ0v) is 11.7. The van der Waals surface area contributed by atoms with Crippen LogP contribution in [0.2, 0.25) is 5.02 Å². The van der Waals surface area contributed by atoms with Crippen LogP contribution in [0.15, 0.2) is 18.2 Å². The molecule has 0 bridgehead atoms. The van der Waals surface area contributed by atoms with E-state index >= 15 is 0 Å². The zero-order valence-electron chi connectivity index (χ0n) is 10.9. The number of hydrogen-bond donors (Lipinski definition) is 1. The SMILES string of the molecule is C[C@H](O)c1ccc(OCCCOCC(F)(F)F)c(Cl)c1. The molecular weight excluding hydrogens is 297 g/mol. The molecule has 0 amide bonds. The van der Waals surface area contributed by atoms with Crippen LogP contribution in [0.1, 0.15) is 25.0 Å². The number of aliphatic hydroxyl groups excluding tert-OH is 1. The molecule has 0 saturated carbocycles. The summed E-state index contributed by atoms with van der Waals surface area (Å²) in [5.74, 6) is 0.423. The van der Waals surface area contributed by atoms with Gasteiger partial charge in [0, 0.05) is 6.42 Å². The van der Waals surface area contributed by atoms with E-state index in [1.807, 2.05) is 0 Å². The quantitative estimate of drug-likeness (QED) is 0.780. The van der Waals surface area contributed by atoms with Crippen LogP contribution in [0.3, 0.4) is 0 Å². The Kier molecular flexibility index (Phi) is 6.58. The summed E-state index contributed by atoms with van der Waals surface area (Å²) in [6.07, 6.45) is -4.61. The average molecular weight is 313 g/mol. The lowest BCUT2D eigenvalue weighted by Gasteiger charge is -2.11. The molecule has 1 aromatic carbocycles. The highest BCUT2D eigenvalue weighted by Crippen LogP contribution is 2.27. The van der Waals surface area contributed by atoms with Gasteiger partial charge in [0.2, 0.25) is 0 Å². The Bertz CT molecular complexity index is 422. The summed E-state index contributed by atoms with van der Waals surface area (Å²) in [5, 5.41) is 9.72. The minimum absolute atomic E-state index is 0.0388. The molecule has 7 heteroatoms. The third-order valence-electron chi connectivity index (χ3n) is 2.39. The van der Waals surface area contributed by atoms with Crippen LogP contribution in [0, 0.1) is 0 Å². The van der Waals surface area contributed by atoms with Crippen LogP contribution in [-0.4, -0.2) is 31.1 Å². The van der Waals surface area contributed by atoms with Crippen molar-refractivity contribution >= 4 is 11.6 Å². The van der Waals surface area contributed by atoms with Gasteiger partial charge in [-0.25, -0.2) is 0 Å². The van der Waals surface area contributed by atoms with E-state index in [0.717, 1.165) is 0 Å². The lowest BCUT2D eigenvalue weighted by Crippen LogP contribution is -2.18. The van der Waals surface area contributed by atoms with E-state index in [2.05, 4.69) is 4.74 Å². The van der Waals surface area contributed by atoms with Crippen LogP contribution in [0.25, 0.3) is 0 Å². The van der Waals surface area contributed by atoms with Crippen LogP contribution in [-0.2, 0) is 4.74 Å². The van der Waals surface area contributed by atoms with Gasteiger partial charge in [-0.05, 0) is 24.6 Å². The number of alkyl halides is 3. The molecule has 20 heavy (non-hydrogen) atoms. The summed E-state index contributed by atoms with van der Waals surface area (Å²) in [7, 11) is 0. The van der Waals surface area contributed by atoms with E-state index in [1.165, 1.54) is 0 Å². The van der Waals surface area contributed by atoms with Crippen molar-refractivity contribution in [2.75, 3.05) is 19.8 Å². The van der Waals surface area contributed by atoms with Crippen LogP contribution < -0.4 is 4.74 Å². The second-order valence-electron chi connectivity index (χ2n) is 4.24. The van der Waals surface area contributed by atoms with Gasteiger partial charge in [-0.1, -0.05) is 17.7 Å². The molecule has 0 aliphatic heterocycles. The first-order chi connectivity index (χ1) is 9.29. The Balaban J connectivity index is 2.29. The first-order valence-corrected chi connectivity index (χ1v) is 6.42. The van der Waals surface area contributed by atoms with Gasteiger partial charge in [0.15, 0.2) is 0 Å². The Labute approximate surface area is 120 Å². The van der Waals surface area contributed by atoms with Crippen molar-refractivity contribution in [2.24, 2.45) is 0 Å². The molecule has 0 aromatic heterocycles. The van der Waals surface area contributed by atoms with Gasteiger partial charge < -0.3 is 14.6 Å². The van der Waals surface area contributed by atoms with Crippen molar-refractivity contribution in [3.63, 3.8) is 0 Å². The molecule has 0 heterocycles. The largest absolute Gasteiger partial charge is 0.492 e. The fraction of sp³-hybridized carbons (Fsp3) is 0.538. The lowest BCUT2D eigenvalue weighted by molar-refractivity contribution is -0.174. The molecule has 1 aromatic rings. The van der Waals surface area contributed by atoms with Crippen LogP contribution >= 0.6 is 11.6 Å². The zero-order chi connectivity index (χ0) is 15.2. The number of rotatable bonds is 7. The normalized spacial score (nSPS) is 13.3. The standard InChI is InChI=1S/C13H16ClF3O3/c1-9(18)10-3-4-12(11(14)7-10)20-6-2-5-19-8-13(15,16)17/h3-4,7,9,18H,2,5-6,8H2,1H3/t9-/m0/s1. The van der Waals surface area contributed by atoms with E-state index in [1.54, 1.807) is 25.1 Å². The molecule has 0 unspecified atom stereocenters. The molecule has 0 saturated heterocycles. The van der Waals surface area contributed by atoms with Crippen molar-refractivity contribution in [3.05, 3.63) is 28.8 Å². The van der Waals surface area contributed by atoms with Crippen LogP contribution in [0.5, 0.6) is 5.75 Å². The summed E-state index contributed by atoms with van der Waals surface area (Å²) in [6.45, 7) is 0.523. The molecule has 1 N–H and O–H groups in total. The average Bonchev–Trinajstić information content (AvgIpc) is 2.33. The highest BCUT2D eigenvalue weighted by atomic mass is 35.5. The summed E-state index contributed by atoms with van der Waals surface area (Å²) < 4.78 is 45.1. The monoisotopic (exact) mass is 312 g/mol. The van der Waals surface area contributed by atoms with Gasteiger partial charge in [0.25, 0.3) is 0 Å². The molecule has 0 radical (unpaired) electrons. The third kappa shape index (κ3) is 6.45. The van der Waals surface area contributed by atoms with Gasteiger partial charge in [-0.3, -0.25) is 0 Å². The van der Waals surface area contributed by atoms with E-state index < -0.39 is 18.9 Å². The van der Waals surface area contributed by atoms with Crippen molar-refractivity contribution < 1.29 is 27.8 Å². The van der Waals surface area contributed by atoms with Gasteiger partial charge in [0.05, 0.1) is 24.3 Å². The maximum Gasteiger partial charge on any atom is 0.411 e. The van der Waals surface area contributed by atoms with Gasteiger partial charge in [-0.2, -0.15) is 13.2 Å². The Morgan fingerprint density at radius 2 is 2.00 bits per heavy atom. The van der Waals surface area contributed by atoms with Crippen molar-refractivity contribution in [1.29, 1.82) is 0 Å². The molecule has 0 aliphatic carbocycles. The molecule has 1 rings (SSSR count). The number of hydrogen-bond acceptors (Lipinski definition) is 3. The third-order valence-corrected chi connectivity index (χ3v) is 2.69. The van der Waals surface area contributed by atoms with Crippen molar-refractivity contribution in [2.45, 2.75) is 25.6 Å². The van der Waals surface area contributed by atoms with Crippen molar-refractivity contribution in [1.82, 2.24) is 0 Å². The van der Waals surface area contributed by atoms with E-state index in [-0.39, 0.29) is 13.2 Å². The maximum atomic E-state index is 11.8. The Morgan fingerprint density at radius 1 is 1.30 bits per heavy atom. The summed E-state index contributed by atoms with van der Waals surface area (Å²) in [5.41, 5.74) is 0.663. The second kappa shape index (κ2) is 7.71. The predicted molar refractivity (Wildman–Crippen MR) is 69.1 cm³/mol. The molecule has 114 valence electrons. The van der Waals surface area contributed by atoms with E-state index in [9.17, 15) is 18.3 Å². The van der Waals surface area contributed by atoms with Gasteiger partial charge in [0.1, 0.15) is 12.4 Å². The van der Waals surface area contributed by atoms with Crippen LogP contribution in [0.4, 0.5) is 13.2 Å². The van der Waals surface area contributed by atoms with Gasteiger partial charge >= 0.3 is 6.18 Å². The number of benzene rings is 1. The summed E-state index contributed by atoms with van der Waals surface area (Å²) >= 11 is 5.96. The minimum Gasteiger partial charge on any atom is -0.492 e. The van der Waals surface area contributed by atoms with Crippen molar-refractivity contribution in [3.8, 4) is 5.75 Å². The molecule has 0 aliphatic rings. The second-order valence-corrected chi connectivity index (χ2v) is 4.64. The highest BCUT2D eigenvalue weighted by Gasteiger charge is 2.27. The number of ether oxygens (including phenoxy) is 2. The predicted octanol–water partition coefficient (Wildman–Crippen LogP) is 3.74. The summed E-state index contributed by atoms with van der Waals surface area (Å²) in [6, 6.07) is 4.87. The topological polar surface area (TPSA) is 38.7 Å². The molecule has 0 spiro atoms. The van der Waals surface area contributed by atoms with E-state index in [4.69, 9.17) is 16.3 Å². The minimum atomic E-state index is -4.30. The Hall–Kier alpha value is -0.980. The van der Waals surface area contributed by atoms with E-state index in [0.29, 0.717) is 22.8 Å². The Morgan fingerprint density at radius 3 is 2.55 bits per heavy atom. The first-order valence-electron chi connectivity index (χ1n) is 6.04. The number of aliphatic hydroxyl groups is 1. The highest BCUT2D eigenvalue weighted by molar-refractivity contribution is 6.32. The fourth-order valence-electron chi connectivity index (χ4n) is 1.43. The molecule has 0 fully saturated rings. The molecule has 1 atom stereocenters. The molecule has 3 nitrogen and oxygen atoms in total. The first kappa shape index (κ1) is 17.1. The maximum absolute atomic E-state index is 11.8. The molecular formula is C13H16ClF3O3.